The summed E-state index contributed by atoms with van der Waals surface area (Å²) < 4.78 is 0. The quantitative estimate of drug-likeness (QED) is 0.626. The van der Waals surface area contributed by atoms with Crippen LogP contribution in [0.2, 0.25) is 0 Å². The highest BCUT2D eigenvalue weighted by molar-refractivity contribution is 5.89. The van der Waals surface area contributed by atoms with Crippen LogP contribution in [0, 0.1) is 0 Å². The molecule has 2 aromatic rings. The van der Waals surface area contributed by atoms with Gasteiger partial charge in [0.25, 0.3) is 0 Å². The molecule has 0 atom stereocenters. The molecule has 2 aliphatic heterocycles. The SMILES string of the molecule is C1=CC2=C(C1)N1C3=C(C=CC3)c3ccccc3C1c1ccccc12. The van der Waals surface area contributed by atoms with E-state index in [1.54, 1.807) is 0 Å². The van der Waals surface area contributed by atoms with Gasteiger partial charge in [-0.3, -0.25) is 0 Å². The Labute approximate surface area is 141 Å². The number of rotatable bonds is 0. The minimum atomic E-state index is 0.315. The normalized spacial score (nSPS) is 20.1. The van der Waals surface area contributed by atoms with Crippen molar-refractivity contribution in [2.45, 2.75) is 18.9 Å². The van der Waals surface area contributed by atoms with Crippen molar-refractivity contribution in [3.63, 3.8) is 0 Å². The molecule has 0 N–H and O–H groups in total. The van der Waals surface area contributed by atoms with E-state index in [0.717, 1.165) is 12.8 Å². The van der Waals surface area contributed by atoms with Crippen molar-refractivity contribution < 1.29 is 0 Å². The second kappa shape index (κ2) is 4.39. The van der Waals surface area contributed by atoms with E-state index in [1.807, 2.05) is 0 Å². The van der Waals surface area contributed by atoms with Gasteiger partial charge in [-0.15, -0.1) is 0 Å². The zero-order chi connectivity index (χ0) is 15.7. The van der Waals surface area contributed by atoms with Crippen LogP contribution in [0.5, 0.6) is 0 Å². The van der Waals surface area contributed by atoms with Crippen molar-refractivity contribution in [1.82, 2.24) is 4.90 Å². The molecule has 0 amide bonds. The second-order valence-corrected chi connectivity index (χ2v) is 6.88. The van der Waals surface area contributed by atoms with E-state index in [0.29, 0.717) is 6.04 Å². The third-order valence-corrected chi connectivity index (χ3v) is 5.74. The van der Waals surface area contributed by atoms with Crippen molar-refractivity contribution in [3.8, 4) is 0 Å². The summed E-state index contributed by atoms with van der Waals surface area (Å²) in [5.41, 5.74) is 11.5. The Balaban J connectivity index is 1.72. The first-order valence-corrected chi connectivity index (χ1v) is 8.71. The highest BCUT2D eigenvalue weighted by atomic mass is 15.2. The molecule has 0 spiro atoms. The first kappa shape index (κ1) is 12.6. The average Bonchev–Trinajstić information content (AvgIpc) is 3.31. The Morgan fingerprint density at radius 1 is 0.667 bits per heavy atom. The summed E-state index contributed by atoms with van der Waals surface area (Å²) in [7, 11) is 0. The molecule has 0 aromatic heterocycles. The van der Waals surface area contributed by atoms with E-state index >= 15 is 0 Å². The van der Waals surface area contributed by atoms with Crippen molar-refractivity contribution >= 4 is 11.1 Å². The molecule has 1 nitrogen and oxygen atoms in total. The summed E-state index contributed by atoms with van der Waals surface area (Å²) in [6.07, 6.45) is 11.3. The van der Waals surface area contributed by atoms with E-state index in [2.05, 4.69) is 77.7 Å². The lowest BCUT2D eigenvalue weighted by atomic mass is 9.79. The molecular formula is C23H17N. The lowest BCUT2D eigenvalue weighted by molar-refractivity contribution is 0.343. The smallest absolute Gasteiger partial charge is 0.0851 e. The molecule has 1 heteroatoms. The Kier molecular flexibility index (Phi) is 2.30. The van der Waals surface area contributed by atoms with Crippen molar-refractivity contribution in [3.05, 3.63) is 106 Å². The number of hydrogen-bond donors (Lipinski definition) is 0. The van der Waals surface area contributed by atoms with Gasteiger partial charge in [0.05, 0.1) is 6.04 Å². The molecule has 4 aliphatic rings. The fraction of sp³-hybridized carbons (Fsp3) is 0.130. The Morgan fingerprint density at radius 3 is 1.71 bits per heavy atom. The summed E-state index contributed by atoms with van der Waals surface area (Å²) in [5.74, 6) is 0. The number of benzene rings is 2. The lowest BCUT2D eigenvalue weighted by Gasteiger charge is -2.45. The van der Waals surface area contributed by atoms with Crippen LogP contribution >= 0.6 is 0 Å². The van der Waals surface area contributed by atoms with Crippen LogP contribution in [-0.2, 0) is 0 Å². The molecule has 0 unspecified atom stereocenters. The Hall–Kier alpha value is -2.80. The molecule has 2 aromatic carbocycles. The molecule has 0 saturated carbocycles. The fourth-order valence-corrected chi connectivity index (χ4v) is 4.82. The second-order valence-electron chi connectivity index (χ2n) is 6.88. The zero-order valence-corrected chi connectivity index (χ0v) is 13.4. The summed E-state index contributed by atoms with van der Waals surface area (Å²) in [6.45, 7) is 0. The van der Waals surface area contributed by atoms with E-state index in [9.17, 15) is 0 Å². The predicted octanol–water partition coefficient (Wildman–Crippen LogP) is 5.45. The van der Waals surface area contributed by atoms with Gasteiger partial charge in [-0.2, -0.15) is 0 Å². The van der Waals surface area contributed by atoms with Gasteiger partial charge in [0.1, 0.15) is 0 Å². The van der Waals surface area contributed by atoms with Gasteiger partial charge in [0, 0.05) is 35.4 Å². The standard InChI is InChI=1S/C23H17N/c1-3-9-19-15(7-1)17-11-5-13-21(17)24-22-14-6-12-18(22)16-8-2-4-10-20(16)23(19)24/h1-12,23H,13-14H2. The predicted molar refractivity (Wildman–Crippen MR) is 97.9 cm³/mol. The van der Waals surface area contributed by atoms with Gasteiger partial charge in [-0.1, -0.05) is 72.8 Å². The van der Waals surface area contributed by atoms with Crippen LogP contribution in [0.4, 0.5) is 0 Å². The molecule has 24 heavy (non-hydrogen) atoms. The van der Waals surface area contributed by atoms with Crippen LogP contribution in [0.1, 0.15) is 41.1 Å². The van der Waals surface area contributed by atoms with Crippen molar-refractivity contribution in [2.24, 2.45) is 0 Å². The topological polar surface area (TPSA) is 3.24 Å². The fourth-order valence-electron chi connectivity index (χ4n) is 4.82. The van der Waals surface area contributed by atoms with E-state index in [1.165, 1.54) is 44.8 Å². The molecule has 2 heterocycles. The Bertz CT molecular complexity index is 934. The summed E-state index contributed by atoms with van der Waals surface area (Å²) in [6, 6.07) is 18.2. The Morgan fingerprint density at radius 2 is 1.17 bits per heavy atom. The molecule has 0 bridgehead atoms. The summed E-state index contributed by atoms with van der Waals surface area (Å²) in [4.78, 5) is 2.63. The van der Waals surface area contributed by atoms with Crippen LogP contribution in [0.3, 0.4) is 0 Å². The number of fused-ring (bicyclic) bond motifs is 9. The van der Waals surface area contributed by atoms with Gasteiger partial charge in [0.2, 0.25) is 0 Å². The molecule has 6 rings (SSSR count). The third kappa shape index (κ3) is 1.41. The van der Waals surface area contributed by atoms with E-state index < -0.39 is 0 Å². The average molecular weight is 307 g/mol. The molecule has 0 fully saturated rings. The van der Waals surface area contributed by atoms with E-state index in [4.69, 9.17) is 0 Å². The first-order valence-electron chi connectivity index (χ1n) is 8.71. The van der Waals surface area contributed by atoms with Crippen molar-refractivity contribution in [1.29, 1.82) is 0 Å². The van der Waals surface area contributed by atoms with Crippen LogP contribution in [0.25, 0.3) is 11.1 Å². The highest BCUT2D eigenvalue weighted by Crippen LogP contribution is 2.54. The zero-order valence-electron chi connectivity index (χ0n) is 13.4. The van der Waals surface area contributed by atoms with Gasteiger partial charge >= 0.3 is 0 Å². The van der Waals surface area contributed by atoms with Crippen LogP contribution in [0.15, 0.2) is 84.2 Å². The maximum absolute atomic E-state index is 2.63. The molecule has 0 radical (unpaired) electrons. The van der Waals surface area contributed by atoms with Crippen LogP contribution < -0.4 is 0 Å². The van der Waals surface area contributed by atoms with Gasteiger partial charge in [-0.05, 0) is 22.3 Å². The molecule has 114 valence electrons. The highest BCUT2D eigenvalue weighted by Gasteiger charge is 2.40. The first-order chi connectivity index (χ1) is 11.9. The molecule has 2 aliphatic carbocycles. The number of allylic oxidation sites excluding steroid dienone is 6. The molecule has 0 saturated heterocycles. The maximum Gasteiger partial charge on any atom is 0.0851 e. The number of hydrogen-bond acceptors (Lipinski definition) is 1. The van der Waals surface area contributed by atoms with Gasteiger partial charge < -0.3 is 4.90 Å². The minimum Gasteiger partial charge on any atom is -0.335 e. The number of nitrogens with zero attached hydrogens (tertiary/aromatic N) is 1. The van der Waals surface area contributed by atoms with Gasteiger partial charge in [0.15, 0.2) is 0 Å². The van der Waals surface area contributed by atoms with Crippen molar-refractivity contribution in [2.75, 3.05) is 0 Å². The minimum absolute atomic E-state index is 0.315. The summed E-state index contributed by atoms with van der Waals surface area (Å²) in [5, 5.41) is 0. The monoisotopic (exact) mass is 307 g/mol. The van der Waals surface area contributed by atoms with Gasteiger partial charge in [-0.25, -0.2) is 0 Å². The largest absolute Gasteiger partial charge is 0.335 e. The summed E-state index contributed by atoms with van der Waals surface area (Å²) >= 11 is 0. The molecular weight excluding hydrogens is 290 g/mol. The van der Waals surface area contributed by atoms with E-state index in [-0.39, 0.29) is 0 Å². The lowest BCUT2D eigenvalue weighted by Crippen LogP contribution is -2.35. The van der Waals surface area contributed by atoms with Crippen LogP contribution in [-0.4, -0.2) is 4.90 Å². The third-order valence-electron chi connectivity index (χ3n) is 5.74. The maximum atomic E-state index is 2.63.